The SMILES string of the molecule is CCc1ccc(C(=O)Nc2ccc(N3CCN(C)CC3)c(C)c2)o1. The highest BCUT2D eigenvalue weighted by Gasteiger charge is 2.17. The Kier molecular flexibility index (Phi) is 4.90. The molecule has 3 rings (SSSR count). The predicted octanol–water partition coefficient (Wildman–Crippen LogP) is 3.15. The second-order valence-electron chi connectivity index (χ2n) is 6.37. The van der Waals surface area contributed by atoms with E-state index in [0.717, 1.165) is 44.0 Å². The second kappa shape index (κ2) is 7.09. The van der Waals surface area contributed by atoms with Gasteiger partial charge in [-0.05, 0) is 49.9 Å². The molecule has 0 bridgehead atoms. The molecule has 0 aliphatic carbocycles. The average molecular weight is 327 g/mol. The van der Waals surface area contributed by atoms with Crippen molar-refractivity contribution in [3.8, 4) is 0 Å². The molecule has 24 heavy (non-hydrogen) atoms. The van der Waals surface area contributed by atoms with Gasteiger partial charge < -0.3 is 19.5 Å². The first-order valence-corrected chi connectivity index (χ1v) is 8.51. The van der Waals surface area contributed by atoms with Crippen LogP contribution < -0.4 is 10.2 Å². The molecule has 1 saturated heterocycles. The molecule has 5 nitrogen and oxygen atoms in total. The molecule has 0 unspecified atom stereocenters. The fourth-order valence-corrected chi connectivity index (χ4v) is 3.02. The Morgan fingerprint density at radius 3 is 2.54 bits per heavy atom. The van der Waals surface area contributed by atoms with Gasteiger partial charge in [-0.1, -0.05) is 6.92 Å². The standard InChI is InChI=1S/C19H25N3O2/c1-4-16-6-8-18(24-16)19(23)20-15-5-7-17(14(2)13-15)22-11-9-21(3)10-12-22/h5-8,13H,4,9-12H2,1-3H3,(H,20,23). The first-order chi connectivity index (χ1) is 11.6. The smallest absolute Gasteiger partial charge is 0.291 e. The van der Waals surface area contributed by atoms with Crippen LogP contribution in [0.15, 0.2) is 34.7 Å². The van der Waals surface area contributed by atoms with E-state index in [1.165, 1.54) is 11.3 Å². The molecule has 1 aliphatic heterocycles. The highest BCUT2D eigenvalue weighted by molar-refractivity contribution is 6.02. The summed E-state index contributed by atoms with van der Waals surface area (Å²) in [6.45, 7) is 8.32. The molecule has 1 amide bonds. The van der Waals surface area contributed by atoms with Gasteiger partial charge in [0.2, 0.25) is 0 Å². The van der Waals surface area contributed by atoms with E-state index in [0.29, 0.717) is 5.76 Å². The molecule has 1 aromatic carbocycles. The Hall–Kier alpha value is -2.27. The lowest BCUT2D eigenvalue weighted by Gasteiger charge is -2.35. The molecule has 0 radical (unpaired) electrons. The number of piperazine rings is 1. The Morgan fingerprint density at radius 1 is 1.17 bits per heavy atom. The van der Waals surface area contributed by atoms with Crippen molar-refractivity contribution in [3.63, 3.8) is 0 Å². The number of anilines is 2. The summed E-state index contributed by atoms with van der Waals surface area (Å²) in [5.41, 5.74) is 3.21. The van der Waals surface area contributed by atoms with Gasteiger partial charge in [0.15, 0.2) is 5.76 Å². The topological polar surface area (TPSA) is 48.7 Å². The normalized spacial score (nSPS) is 15.5. The highest BCUT2D eigenvalue weighted by Crippen LogP contribution is 2.25. The number of hydrogen-bond acceptors (Lipinski definition) is 4. The zero-order valence-corrected chi connectivity index (χ0v) is 14.6. The van der Waals surface area contributed by atoms with E-state index in [2.05, 4.69) is 35.2 Å². The van der Waals surface area contributed by atoms with Gasteiger partial charge in [0, 0.05) is 44.0 Å². The number of carbonyl (C=O) groups is 1. The van der Waals surface area contributed by atoms with E-state index < -0.39 is 0 Å². The summed E-state index contributed by atoms with van der Waals surface area (Å²) in [6.07, 6.45) is 0.784. The molecular formula is C19H25N3O2. The number of hydrogen-bond donors (Lipinski definition) is 1. The number of carbonyl (C=O) groups excluding carboxylic acids is 1. The van der Waals surface area contributed by atoms with Crippen molar-refractivity contribution in [1.29, 1.82) is 0 Å². The molecule has 1 aliphatic rings. The van der Waals surface area contributed by atoms with E-state index in [-0.39, 0.29) is 5.91 Å². The van der Waals surface area contributed by atoms with Crippen LogP contribution in [0.3, 0.4) is 0 Å². The summed E-state index contributed by atoms with van der Waals surface area (Å²) in [5.74, 6) is 0.968. The molecule has 2 heterocycles. The van der Waals surface area contributed by atoms with E-state index >= 15 is 0 Å². The third-order valence-electron chi connectivity index (χ3n) is 4.53. The molecular weight excluding hydrogens is 302 g/mol. The third-order valence-corrected chi connectivity index (χ3v) is 4.53. The summed E-state index contributed by atoms with van der Waals surface area (Å²) >= 11 is 0. The zero-order valence-electron chi connectivity index (χ0n) is 14.6. The van der Waals surface area contributed by atoms with Gasteiger partial charge in [0.25, 0.3) is 5.91 Å². The molecule has 0 spiro atoms. The van der Waals surface area contributed by atoms with Crippen LogP contribution in [0.2, 0.25) is 0 Å². The summed E-state index contributed by atoms with van der Waals surface area (Å²) < 4.78 is 5.50. The van der Waals surface area contributed by atoms with E-state index in [9.17, 15) is 4.79 Å². The van der Waals surface area contributed by atoms with Gasteiger partial charge in [0.1, 0.15) is 5.76 Å². The number of rotatable bonds is 4. The van der Waals surface area contributed by atoms with Gasteiger partial charge in [-0.25, -0.2) is 0 Å². The number of aryl methyl sites for hydroxylation is 2. The molecule has 0 saturated carbocycles. The van der Waals surface area contributed by atoms with Crippen LogP contribution in [0.4, 0.5) is 11.4 Å². The minimum absolute atomic E-state index is 0.207. The van der Waals surface area contributed by atoms with Crippen molar-refractivity contribution in [2.45, 2.75) is 20.3 Å². The summed E-state index contributed by atoms with van der Waals surface area (Å²) in [7, 11) is 2.15. The van der Waals surface area contributed by atoms with Crippen LogP contribution in [0.5, 0.6) is 0 Å². The van der Waals surface area contributed by atoms with Gasteiger partial charge in [-0.3, -0.25) is 4.79 Å². The maximum Gasteiger partial charge on any atom is 0.291 e. The molecule has 2 aromatic rings. The Balaban J connectivity index is 1.69. The lowest BCUT2D eigenvalue weighted by molar-refractivity contribution is 0.0995. The largest absolute Gasteiger partial charge is 0.456 e. The van der Waals surface area contributed by atoms with Crippen LogP contribution >= 0.6 is 0 Å². The molecule has 1 aromatic heterocycles. The maximum absolute atomic E-state index is 12.3. The minimum Gasteiger partial charge on any atom is -0.456 e. The molecule has 1 N–H and O–H groups in total. The quantitative estimate of drug-likeness (QED) is 0.937. The number of nitrogens with zero attached hydrogens (tertiary/aromatic N) is 2. The molecule has 0 atom stereocenters. The van der Waals surface area contributed by atoms with Crippen LogP contribution in [-0.2, 0) is 6.42 Å². The highest BCUT2D eigenvalue weighted by atomic mass is 16.3. The van der Waals surface area contributed by atoms with Crippen molar-refractivity contribution < 1.29 is 9.21 Å². The maximum atomic E-state index is 12.3. The Labute approximate surface area is 143 Å². The van der Waals surface area contributed by atoms with Crippen molar-refractivity contribution >= 4 is 17.3 Å². The van der Waals surface area contributed by atoms with Crippen molar-refractivity contribution in [1.82, 2.24) is 4.90 Å². The predicted molar refractivity (Wildman–Crippen MR) is 96.9 cm³/mol. The third kappa shape index (κ3) is 3.62. The minimum atomic E-state index is -0.207. The first kappa shape index (κ1) is 16.6. The van der Waals surface area contributed by atoms with Crippen LogP contribution in [0.25, 0.3) is 0 Å². The zero-order chi connectivity index (χ0) is 17.1. The molecule has 1 fully saturated rings. The van der Waals surface area contributed by atoms with Gasteiger partial charge >= 0.3 is 0 Å². The van der Waals surface area contributed by atoms with Gasteiger partial charge in [-0.2, -0.15) is 0 Å². The van der Waals surface area contributed by atoms with Crippen molar-refractivity contribution in [2.24, 2.45) is 0 Å². The summed E-state index contributed by atoms with van der Waals surface area (Å²) in [6, 6.07) is 9.64. The Morgan fingerprint density at radius 2 is 1.92 bits per heavy atom. The average Bonchev–Trinajstić information content (AvgIpc) is 3.05. The fourth-order valence-electron chi connectivity index (χ4n) is 3.02. The number of furan rings is 1. The molecule has 128 valence electrons. The van der Waals surface area contributed by atoms with E-state index in [1.54, 1.807) is 6.07 Å². The van der Waals surface area contributed by atoms with E-state index in [1.807, 2.05) is 25.1 Å². The second-order valence-corrected chi connectivity index (χ2v) is 6.37. The van der Waals surface area contributed by atoms with Crippen molar-refractivity contribution in [3.05, 3.63) is 47.4 Å². The van der Waals surface area contributed by atoms with E-state index in [4.69, 9.17) is 4.42 Å². The Bertz CT molecular complexity index is 715. The lowest BCUT2D eigenvalue weighted by atomic mass is 10.1. The van der Waals surface area contributed by atoms with Crippen LogP contribution in [-0.4, -0.2) is 44.0 Å². The number of nitrogens with one attached hydrogen (secondary N) is 1. The number of likely N-dealkylation sites (N-methyl/N-ethyl adjacent to an activating group) is 1. The lowest BCUT2D eigenvalue weighted by Crippen LogP contribution is -2.44. The summed E-state index contributed by atoms with van der Waals surface area (Å²) in [4.78, 5) is 17.0. The summed E-state index contributed by atoms with van der Waals surface area (Å²) in [5, 5.41) is 2.91. The van der Waals surface area contributed by atoms with Gasteiger partial charge in [-0.15, -0.1) is 0 Å². The molecule has 5 heteroatoms. The van der Waals surface area contributed by atoms with Gasteiger partial charge in [0.05, 0.1) is 0 Å². The fraction of sp³-hybridized carbons (Fsp3) is 0.421. The number of amides is 1. The first-order valence-electron chi connectivity index (χ1n) is 8.51. The monoisotopic (exact) mass is 327 g/mol. The van der Waals surface area contributed by atoms with Crippen LogP contribution in [0.1, 0.15) is 28.8 Å². The number of benzene rings is 1. The van der Waals surface area contributed by atoms with Crippen LogP contribution in [0, 0.1) is 6.92 Å². The van der Waals surface area contributed by atoms with Crippen molar-refractivity contribution in [2.75, 3.05) is 43.4 Å².